The second-order valence-electron chi connectivity index (χ2n) is 6.96. The summed E-state index contributed by atoms with van der Waals surface area (Å²) in [5.74, 6) is 2.28. The lowest BCUT2D eigenvalue weighted by atomic mass is 10.2. The first-order valence-electron chi connectivity index (χ1n) is 9.71. The summed E-state index contributed by atoms with van der Waals surface area (Å²) >= 11 is 5.35. The number of carbonyl (C=O) groups excluding carboxylic acids is 1. The Morgan fingerprint density at radius 2 is 1.80 bits per heavy atom. The predicted molar refractivity (Wildman–Crippen MR) is 118 cm³/mol. The largest absolute Gasteiger partial charge is 0.497 e. The van der Waals surface area contributed by atoms with Gasteiger partial charge in [0.1, 0.15) is 18.1 Å². The number of nitrogens with one attached hydrogen (secondary N) is 1. The normalized spacial score (nSPS) is 10.6. The van der Waals surface area contributed by atoms with Gasteiger partial charge in [0.05, 0.1) is 13.7 Å². The second kappa shape index (κ2) is 10.1. The van der Waals surface area contributed by atoms with Gasteiger partial charge in [-0.1, -0.05) is 17.7 Å². The van der Waals surface area contributed by atoms with E-state index in [1.807, 2.05) is 60.0 Å². The van der Waals surface area contributed by atoms with Crippen molar-refractivity contribution in [2.75, 3.05) is 27.3 Å². The minimum Gasteiger partial charge on any atom is -0.497 e. The quantitative estimate of drug-likeness (QED) is 0.526. The van der Waals surface area contributed by atoms with E-state index in [0.717, 1.165) is 17.1 Å². The first kappa shape index (κ1) is 21.6. The second-order valence-corrected chi connectivity index (χ2v) is 7.35. The van der Waals surface area contributed by atoms with E-state index in [1.165, 1.54) is 5.56 Å². The molecule has 0 bridgehead atoms. The highest BCUT2D eigenvalue weighted by molar-refractivity contribution is 7.71. The third-order valence-corrected chi connectivity index (χ3v) is 5.11. The van der Waals surface area contributed by atoms with E-state index in [1.54, 1.807) is 19.1 Å². The Balaban J connectivity index is 1.54. The Morgan fingerprint density at radius 3 is 2.47 bits per heavy atom. The van der Waals surface area contributed by atoms with Crippen molar-refractivity contribution >= 4 is 18.1 Å². The standard InChI is InChI=1S/C22H26N4O3S/c1-16-4-8-19(9-5-16)29-15-14-25(2)20(27)12-13-26-21(23-24-22(26)30)17-6-10-18(28-3)11-7-17/h4-11H,12-15H2,1-3H3,(H,24,30). The molecule has 0 spiro atoms. The molecule has 7 nitrogen and oxygen atoms in total. The first-order chi connectivity index (χ1) is 14.5. The molecular formula is C22H26N4O3S. The summed E-state index contributed by atoms with van der Waals surface area (Å²) in [6.45, 7) is 3.42. The molecule has 3 aromatic rings. The number of aromatic nitrogens is 3. The number of nitrogens with zero attached hydrogens (tertiary/aromatic N) is 3. The van der Waals surface area contributed by atoms with Gasteiger partial charge >= 0.3 is 0 Å². The van der Waals surface area contributed by atoms with Crippen molar-refractivity contribution in [3.8, 4) is 22.9 Å². The molecule has 158 valence electrons. The van der Waals surface area contributed by atoms with E-state index in [4.69, 9.17) is 21.7 Å². The number of aryl methyl sites for hydroxylation is 1. The van der Waals surface area contributed by atoms with E-state index in [9.17, 15) is 4.79 Å². The van der Waals surface area contributed by atoms with Crippen molar-refractivity contribution in [3.05, 3.63) is 58.9 Å². The van der Waals surface area contributed by atoms with Crippen LogP contribution in [0.5, 0.6) is 11.5 Å². The molecule has 2 aromatic carbocycles. The smallest absolute Gasteiger partial charge is 0.224 e. The number of rotatable bonds is 9. The Kier molecular flexibility index (Phi) is 7.24. The van der Waals surface area contributed by atoms with Gasteiger partial charge in [-0.05, 0) is 55.5 Å². The predicted octanol–water partition coefficient (Wildman–Crippen LogP) is 3.85. The Morgan fingerprint density at radius 1 is 1.13 bits per heavy atom. The summed E-state index contributed by atoms with van der Waals surface area (Å²) in [7, 11) is 3.40. The number of carbonyl (C=O) groups is 1. The van der Waals surface area contributed by atoms with Crippen LogP contribution in [-0.2, 0) is 11.3 Å². The number of hydrogen-bond donors (Lipinski definition) is 1. The maximum atomic E-state index is 12.5. The third kappa shape index (κ3) is 5.48. The zero-order valence-corrected chi connectivity index (χ0v) is 18.2. The minimum atomic E-state index is 0.0197. The lowest BCUT2D eigenvalue weighted by Crippen LogP contribution is -2.31. The van der Waals surface area contributed by atoms with E-state index in [0.29, 0.717) is 36.7 Å². The van der Waals surface area contributed by atoms with Crippen molar-refractivity contribution in [2.45, 2.75) is 19.9 Å². The molecule has 0 aliphatic heterocycles. The van der Waals surface area contributed by atoms with Crippen molar-refractivity contribution in [1.29, 1.82) is 0 Å². The molecule has 0 fully saturated rings. The molecule has 0 saturated heterocycles. The Bertz CT molecular complexity index is 1030. The fourth-order valence-corrected chi connectivity index (χ4v) is 3.17. The summed E-state index contributed by atoms with van der Waals surface area (Å²) in [6, 6.07) is 15.4. The lowest BCUT2D eigenvalue weighted by molar-refractivity contribution is -0.130. The number of hydrogen-bond acceptors (Lipinski definition) is 5. The monoisotopic (exact) mass is 426 g/mol. The zero-order chi connectivity index (χ0) is 21.5. The van der Waals surface area contributed by atoms with Crippen LogP contribution in [0.15, 0.2) is 48.5 Å². The molecule has 1 aromatic heterocycles. The molecule has 0 unspecified atom stereocenters. The summed E-state index contributed by atoms with van der Waals surface area (Å²) in [5, 5.41) is 7.13. The molecule has 1 heterocycles. The highest BCUT2D eigenvalue weighted by Gasteiger charge is 2.13. The molecule has 3 rings (SSSR count). The topological polar surface area (TPSA) is 72.4 Å². The average Bonchev–Trinajstić information content (AvgIpc) is 3.13. The number of methoxy groups -OCH3 is 1. The number of likely N-dealkylation sites (N-methyl/N-ethyl adjacent to an activating group) is 1. The fourth-order valence-electron chi connectivity index (χ4n) is 2.94. The van der Waals surface area contributed by atoms with Crippen LogP contribution in [0.1, 0.15) is 12.0 Å². The fraction of sp³-hybridized carbons (Fsp3) is 0.318. The molecular weight excluding hydrogens is 400 g/mol. The molecule has 0 aliphatic rings. The summed E-state index contributed by atoms with van der Waals surface area (Å²) in [6.07, 6.45) is 0.317. The number of aromatic amines is 1. The molecule has 1 N–H and O–H groups in total. The van der Waals surface area contributed by atoms with Gasteiger partial charge < -0.3 is 14.4 Å². The van der Waals surface area contributed by atoms with Gasteiger partial charge in [0.2, 0.25) is 5.91 Å². The first-order valence-corrected chi connectivity index (χ1v) is 10.1. The van der Waals surface area contributed by atoms with E-state index in [2.05, 4.69) is 10.2 Å². The number of H-pyrrole nitrogens is 1. The van der Waals surface area contributed by atoms with Crippen LogP contribution in [0.3, 0.4) is 0 Å². The molecule has 30 heavy (non-hydrogen) atoms. The van der Waals surface area contributed by atoms with Crippen molar-refractivity contribution in [3.63, 3.8) is 0 Å². The lowest BCUT2D eigenvalue weighted by Gasteiger charge is -2.18. The van der Waals surface area contributed by atoms with Gasteiger partial charge in [0, 0.05) is 25.6 Å². The van der Waals surface area contributed by atoms with Gasteiger partial charge in [-0.2, -0.15) is 5.10 Å². The van der Waals surface area contributed by atoms with Crippen molar-refractivity contribution in [2.24, 2.45) is 0 Å². The summed E-state index contributed by atoms with van der Waals surface area (Å²) < 4.78 is 13.2. The zero-order valence-electron chi connectivity index (χ0n) is 17.4. The SMILES string of the molecule is COc1ccc(-c2n[nH]c(=S)n2CCC(=O)N(C)CCOc2ccc(C)cc2)cc1. The number of ether oxygens (including phenoxy) is 2. The molecule has 0 aliphatic carbocycles. The van der Waals surface area contributed by atoms with E-state index < -0.39 is 0 Å². The van der Waals surface area contributed by atoms with Crippen LogP contribution in [0.4, 0.5) is 0 Å². The molecule has 0 radical (unpaired) electrons. The van der Waals surface area contributed by atoms with Crippen molar-refractivity contribution < 1.29 is 14.3 Å². The van der Waals surface area contributed by atoms with Crippen LogP contribution >= 0.6 is 12.2 Å². The molecule has 0 atom stereocenters. The highest BCUT2D eigenvalue weighted by atomic mass is 32.1. The summed E-state index contributed by atoms with van der Waals surface area (Å²) in [5.41, 5.74) is 2.08. The maximum absolute atomic E-state index is 12.5. The van der Waals surface area contributed by atoms with E-state index in [-0.39, 0.29) is 5.91 Å². The Labute approximate surface area is 181 Å². The van der Waals surface area contributed by atoms with Crippen LogP contribution in [0, 0.1) is 11.7 Å². The minimum absolute atomic E-state index is 0.0197. The molecule has 1 amide bonds. The average molecular weight is 427 g/mol. The Hall–Kier alpha value is -3.13. The third-order valence-electron chi connectivity index (χ3n) is 4.80. The number of amides is 1. The maximum Gasteiger partial charge on any atom is 0.224 e. The van der Waals surface area contributed by atoms with Gasteiger partial charge in [-0.15, -0.1) is 0 Å². The van der Waals surface area contributed by atoms with Crippen LogP contribution in [0.2, 0.25) is 0 Å². The number of benzene rings is 2. The van der Waals surface area contributed by atoms with Gasteiger partial charge in [0.25, 0.3) is 0 Å². The van der Waals surface area contributed by atoms with E-state index >= 15 is 0 Å². The van der Waals surface area contributed by atoms with Gasteiger partial charge in [-0.25, -0.2) is 0 Å². The van der Waals surface area contributed by atoms with Crippen LogP contribution in [-0.4, -0.2) is 52.9 Å². The molecule has 8 heteroatoms. The van der Waals surface area contributed by atoms with Gasteiger partial charge in [0.15, 0.2) is 10.6 Å². The molecule has 0 saturated carbocycles. The summed E-state index contributed by atoms with van der Waals surface area (Å²) in [4.78, 5) is 14.2. The van der Waals surface area contributed by atoms with Crippen LogP contribution in [0.25, 0.3) is 11.4 Å². The van der Waals surface area contributed by atoms with Crippen molar-refractivity contribution in [1.82, 2.24) is 19.7 Å². The van der Waals surface area contributed by atoms with Crippen LogP contribution < -0.4 is 9.47 Å². The van der Waals surface area contributed by atoms with Gasteiger partial charge in [-0.3, -0.25) is 14.5 Å². The highest BCUT2D eigenvalue weighted by Crippen LogP contribution is 2.21.